The van der Waals surface area contributed by atoms with Gasteiger partial charge in [-0.2, -0.15) is 0 Å². The average molecular weight is 354 g/mol. The lowest BCUT2D eigenvalue weighted by molar-refractivity contribution is 0.214. The largest absolute Gasteiger partial charge is 0.379 e. The third-order valence-corrected chi connectivity index (χ3v) is 7.17. The second-order valence-corrected chi connectivity index (χ2v) is 8.70. The molecule has 0 aromatic heterocycles. The molecule has 0 spiro atoms. The van der Waals surface area contributed by atoms with E-state index in [1.54, 1.807) is 0 Å². The fourth-order valence-electron chi connectivity index (χ4n) is 5.21. The molecule has 1 fully saturated rings. The molecule has 1 aliphatic heterocycles. The van der Waals surface area contributed by atoms with Crippen molar-refractivity contribution in [2.24, 2.45) is 0 Å². The Kier molecular flexibility index (Phi) is 3.69. The van der Waals surface area contributed by atoms with Gasteiger partial charge in [-0.15, -0.1) is 0 Å². The molecule has 2 atom stereocenters. The van der Waals surface area contributed by atoms with Gasteiger partial charge in [0.1, 0.15) is 0 Å². The van der Waals surface area contributed by atoms with E-state index in [-0.39, 0.29) is 11.0 Å². The van der Waals surface area contributed by atoms with E-state index in [9.17, 15) is 0 Å². The van der Waals surface area contributed by atoms with Gasteiger partial charge in [-0.1, -0.05) is 80.4 Å². The first kappa shape index (κ1) is 16.6. The van der Waals surface area contributed by atoms with Gasteiger partial charge in [0.15, 0.2) is 0 Å². The number of hydrogen-bond acceptors (Lipinski definition) is 1. The Hall–Kier alpha value is -2.54. The maximum Gasteiger partial charge on any atom is 0.0440 e. The molecule has 1 aliphatic carbocycles. The lowest BCUT2D eigenvalue weighted by Crippen LogP contribution is -2.50. The summed E-state index contributed by atoms with van der Waals surface area (Å²) in [5, 5.41) is 3.86. The van der Waals surface area contributed by atoms with Gasteiger partial charge in [-0.3, -0.25) is 0 Å². The topological polar surface area (TPSA) is 12.0 Å². The molecule has 0 saturated heterocycles. The molecule has 1 saturated carbocycles. The normalized spacial score (nSPS) is 26.1. The highest BCUT2D eigenvalue weighted by molar-refractivity contribution is 5.75. The molecule has 1 nitrogen and oxygen atoms in total. The number of fused-ring (bicyclic) bond motifs is 3. The van der Waals surface area contributed by atoms with E-state index < -0.39 is 0 Å². The van der Waals surface area contributed by atoms with Gasteiger partial charge in [0.25, 0.3) is 0 Å². The zero-order chi connectivity index (χ0) is 18.5. The first-order valence-corrected chi connectivity index (χ1v) is 10.2. The van der Waals surface area contributed by atoms with Gasteiger partial charge >= 0.3 is 0 Å². The molecule has 2 aliphatic rings. The molecule has 3 aromatic rings. The second kappa shape index (κ2) is 5.99. The van der Waals surface area contributed by atoms with E-state index in [1.807, 2.05) is 0 Å². The van der Waals surface area contributed by atoms with Crippen LogP contribution >= 0.6 is 0 Å². The van der Waals surface area contributed by atoms with Crippen molar-refractivity contribution in [3.8, 4) is 22.3 Å². The Balaban J connectivity index is 1.52. The Labute approximate surface area is 162 Å². The van der Waals surface area contributed by atoms with Crippen LogP contribution in [0.1, 0.15) is 45.1 Å². The van der Waals surface area contributed by atoms with Crippen molar-refractivity contribution in [3.05, 3.63) is 78.4 Å². The maximum absolute atomic E-state index is 3.86. The Morgan fingerprint density at radius 2 is 1.26 bits per heavy atom. The zero-order valence-electron chi connectivity index (χ0n) is 16.3. The molecule has 0 bridgehead atoms. The van der Waals surface area contributed by atoms with Crippen molar-refractivity contribution >= 4 is 5.69 Å². The average Bonchev–Trinajstić information content (AvgIpc) is 2.95. The van der Waals surface area contributed by atoms with Crippen molar-refractivity contribution in [2.75, 3.05) is 5.32 Å². The monoisotopic (exact) mass is 353 g/mol. The van der Waals surface area contributed by atoms with Gasteiger partial charge in [0.05, 0.1) is 0 Å². The molecule has 27 heavy (non-hydrogen) atoms. The SMILES string of the molecule is CC12CCCCC1(C)c1cc(-c3ccc(-c4ccccc4)cc3)ccc1N2. The second-order valence-electron chi connectivity index (χ2n) is 8.70. The summed E-state index contributed by atoms with van der Waals surface area (Å²) in [6.07, 6.45) is 5.21. The number of rotatable bonds is 2. The van der Waals surface area contributed by atoms with E-state index in [2.05, 4.69) is 92.0 Å². The quantitative estimate of drug-likeness (QED) is 0.521. The number of hydrogen-bond donors (Lipinski definition) is 1. The van der Waals surface area contributed by atoms with Crippen molar-refractivity contribution in [2.45, 2.75) is 50.5 Å². The molecule has 1 N–H and O–H groups in total. The first-order chi connectivity index (χ1) is 13.1. The van der Waals surface area contributed by atoms with Crippen LogP contribution in [-0.4, -0.2) is 5.54 Å². The van der Waals surface area contributed by atoms with Gasteiger partial charge in [0, 0.05) is 16.6 Å². The summed E-state index contributed by atoms with van der Waals surface area (Å²) < 4.78 is 0. The van der Waals surface area contributed by atoms with Crippen LogP contribution in [-0.2, 0) is 5.41 Å². The van der Waals surface area contributed by atoms with E-state index in [4.69, 9.17) is 0 Å². The van der Waals surface area contributed by atoms with Gasteiger partial charge in [-0.25, -0.2) is 0 Å². The van der Waals surface area contributed by atoms with Crippen LogP contribution in [0.5, 0.6) is 0 Å². The van der Waals surface area contributed by atoms with Crippen molar-refractivity contribution in [3.63, 3.8) is 0 Å². The van der Waals surface area contributed by atoms with Crippen LogP contribution < -0.4 is 5.32 Å². The Morgan fingerprint density at radius 1 is 0.667 bits per heavy atom. The molecule has 0 radical (unpaired) electrons. The van der Waals surface area contributed by atoms with E-state index in [0.29, 0.717) is 0 Å². The van der Waals surface area contributed by atoms with E-state index in [1.165, 1.54) is 59.2 Å². The third kappa shape index (κ3) is 2.52. The summed E-state index contributed by atoms with van der Waals surface area (Å²) in [6.45, 7) is 4.88. The molecule has 2 unspecified atom stereocenters. The van der Waals surface area contributed by atoms with Gasteiger partial charge < -0.3 is 5.32 Å². The molecule has 1 heteroatoms. The summed E-state index contributed by atoms with van der Waals surface area (Å²) in [7, 11) is 0. The number of benzene rings is 3. The van der Waals surface area contributed by atoms with Crippen molar-refractivity contribution in [1.82, 2.24) is 0 Å². The summed E-state index contributed by atoms with van der Waals surface area (Å²) in [6, 6.07) is 26.6. The molecule has 136 valence electrons. The maximum atomic E-state index is 3.86. The van der Waals surface area contributed by atoms with Gasteiger partial charge in [0.2, 0.25) is 0 Å². The molecule has 3 aromatic carbocycles. The molecule has 5 rings (SSSR count). The summed E-state index contributed by atoms with van der Waals surface area (Å²) in [5.41, 5.74) is 8.45. The lowest BCUT2D eigenvalue weighted by atomic mass is 9.62. The fraction of sp³-hybridized carbons (Fsp3) is 0.308. The minimum absolute atomic E-state index is 0.198. The molecular weight excluding hydrogens is 326 g/mol. The first-order valence-electron chi connectivity index (χ1n) is 10.2. The fourth-order valence-corrected chi connectivity index (χ4v) is 5.21. The number of anilines is 1. The summed E-state index contributed by atoms with van der Waals surface area (Å²) in [4.78, 5) is 0. The van der Waals surface area contributed by atoms with Crippen LogP contribution in [0.3, 0.4) is 0 Å². The van der Waals surface area contributed by atoms with Crippen LogP contribution in [0.2, 0.25) is 0 Å². The summed E-state index contributed by atoms with van der Waals surface area (Å²) >= 11 is 0. The third-order valence-electron chi connectivity index (χ3n) is 7.17. The highest BCUT2D eigenvalue weighted by atomic mass is 15.0. The number of nitrogens with one attached hydrogen (secondary N) is 1. The predicted octanol–water partition coefficient (Wildman–Crippen LogP) is 7.04. The lowest BCUT2D eigenvalue weighted by Gasteiger charge is -2.45. The molecule has 0 amide bonds. The van der Waals surface area contributed by atoms with Crippen LogP contribution in [0.4, 0.5) is 5.69 Å². The minimum Gasteiger partial charge on any atom is -0.379 e. The van der Waals surface area contributed by atoms with Crippen LogP contribution in [0.15, 0.2) is 72.8 Å². The minimum atomic E-state index is 0.198. The van der Waals surface area contributed by atoms with Crippen molar-refractivity contribution < 1.29 is 0 Å². The van der Waals surface area contributed by atoms with Crippen molar-refractivity contribution in [1.29, 1.82) is 0 Å². The molecular formula is C26H27N. The standard InChI is InChI=1S/C26H27N/c1-25-16-6-7-17-26(25,2)27-24-15-14-22(18-23(24)25)21-12-10-20(11-13-21)19-8-4-3-5-9-19/h3-5,8-15,18,27H,6-7,16-17H2,1-2H3. The van der Waals surface area contributed by atoms with Gasteiger partial charge in [-0.05, 0) is 59.7 Å². The smallest absolute Gasteiger partial charge is 0.0440 e. The Bertz CT molecular complexity index is 973. The Morgan fingerprint density at radius 3 is 2.00 bits per heavy atom. The summed E-state index contributed by atoms with van der Waals surface area (Å²) in [5.74, 6) is 0. The van der Waals surface area contributed by atoms with E-state index >= 15 is 0 Å². The molecule has 1 heterocycles. The van der Waals surface area contributed by atoms with Crippen LogP contribution in [0.25, 0.3) is 22.3 Å². The van der Waals surface area contributed by atoms with E-state index in [0.717, 1.165) is 0 Å². The zero-order valence-corrected chi connectivity index (χ0v) is 16.3. The highest BCUT2D eigenvalue weighted by Gasteiger charge is 2.52. The van der Waals surface area contributed by atoms with Crippen LogP contribution in [0, 0.1) is 0 Å². The highest BCUT2D eigenvalue weighted by Crippen LogP contribution is 2.55. The predicted molar refractivity (Wildman–Crippen MR) is 115 cm³/mol.